The number of amides is 1. The minimum Gasteiger partial charge on any atom is -0.381 e. The average Bonchev–Trinajstić information content (AvgIpc) is 2.77. The maximum absolute atomic E-state index is 12.5. The summed E-state index contributed by atoms with van der Waals surface area (Å²) in [6.07, 6.45) is 4.94. The van der Waals surface area contributed by atoms with Gasteiger partial charge in [0.15, 0.2) is 0 Å². The topological polar surface area (TPSA) is 78.2 Å². The molecule has 1 aromatic rings. The van der Waals surface area contributed by atoms with E-state index in [1.165, 1.54) is 0 Å². The van der Waals surface area contributed by atoms with Crippen LogP contribution in [0.4, 0.5) is 0 Å². The molecule has 0 aliphatic carbocycles. The molecular formula is C18H30N4O3. The molecule has 2 aliphatic rings. The van der Waals surface area contributed by atoms with E-state index in [4.69, 9.17) is 4.74 Å². The van der Waals surface area contributed by atoms with Crippen molar-refractivity contribution in [2.45, 2.75) is 71.5 Å². The highest BCUT2D eigenvalue weighted by Gasteiger charge is 2.26. The molecule has 1 aromatic heterocycles. The highest BCUT2D eigenvalue weighted by Crippen LogP contribution is 2.17. The summed E-state index contributed by atoms with van der Waals surface area (Å²) in [7, 11) is 0. The van der Waals surface area contributed by atoms with E-state index in [0.29, 0.717) is 32.2 Å². The SMILES string of the molecule is CC(C)CCn1nc2n(c1=O)CCC(NC(=O)C1CCOCC1)CC2. The number of hydrogen-bond acceptors (Lipinski definition) is 4. The van der Waals surface area contributed by atoms with Gasteiger partial charge in [0.05, 0.1) is 0 Å². The van der Waals surface area contributed by atoms with Crippen molar-refractivity contribution in [1.82, 2.24) is 19.7 Å². The van der Waals surface area contributed by atoms with Crippen LogP contribution in [0.25, 0.3) is 0 Å². The predicted octanol–water partition coefficient (Wildman–Crippen LogP) is 1.34. The molecular weight excluding hydrogens is 320 g/mol. The van der Waals surface area contributed by atoms with E-state index in [-0.39, 0.29) is 23.6 Å². The molecule has 7 heteroatoms. The number of carbonyl (C=O) groups excluding carboxylic acids is 1. The second-order valence-corrected chi connectivity index (χ2v) is 7.68. The lowest BCUT2D eigenvalue weighted by Gasteiger charge is -2.24. The van der Waals surface area contributed by atoms with E-state index in [2.05, 4.69) is 24.3 Å². The Kier molecular flexibility index (Phi) is 5.93. The summed E-state index contributed by atoms with van der Waals surface area (Å²) >= 11 is 0. The zero-order valence-electron chi connectivity index (χ0n) is 15.4. The van der Waals surface area contributed by atoms with Crippen LogP contribution in [0.3, 0.4) is 0 Å². The van der Waals surface area contributed by atoms with E-state index in [0.717, 1.165) is 44.3 Å². The first-order valence-electron chi connectivity index (χ1n) is 9.59. The molecule has 3 heterocycles. The van der Waals surface area contributed by atoms with Gasteiger partial charge >= 0.3 is 5.69 Å². The molecule has 1 N–H and O–H groups in total. The van der Waals surface area contributed by atoms with Gasteiger partial charge in [0, 0.05) is 44.7 Å². The van der Waals surface area contributed by atoms with E-state index >= 15 is 0 Å². The number of carbonyl (C=O) groups is 1. The molecule has 140 valence electrons. The molecule has 2 aliphatic heterocycles. The van der Waals surface area contributed by atoms with E-state index in [1.807, 2.05) is 0 Å². The summed E-state index contributed by atoms with van der Waals surface area (Å²) in [6.45, 7) is 6.96. The smallest absolute Gasteiger partial charge is 0.345 e. The molecule has 1 saturated heterocycles. The molecule has 0 bridgehead atoms. The summed E-state index contributed by atoms with van der Waals surface area (Å²) in [5.41, 5.74) is -0.00736. The highest BCUT2D eigenvalue weighted by molar-refractivity contribution is 5.79. The van der Waals surface area contributed by atoms with Crippen LogP contribution in [-0.2, 0) is 29.0 Å². The van der Waals surface area contributed by atoms with Gasteiger partial charge < -0.3 is 10.1 Å². The molecule has 1 atom stereocenters. The Morgan fingerprint density at radius 3 is 2.76 bits per heavy atom. The van der Waals surface area contributed by atoms with Crippen molar-refractivity contribution >= 4 is 5.91 Å². The summed E-state index contributed by atoms with van der Waals surface area (Å²) < 4.78 is 8.72. The first-order valence-corrected chi connectivity index (χ1v) is 9.59. The minimum absolute atomic E-state index is 0.00736. The van der Waals surface area contributed by atoms with Gasteiger partial charge in [0.2, 0.25) is 5.91 Å². The summed E-state index contributed by atoms with van der Waals surface area (Å²) in [6, 6.07) is 0.126. The maximum Gasteiger partial charge on any atom is 0.345 e. The van der Waals surface area contributed by atoms with Gasteiger partial charge in [-0.2, -0.15) is 5.10 Å². The standard InChI is InChI=1S/C18H30N4O3/c1-13(2)5-10-22-18(24)21-9-6-15(3-4-16(21)20-22)19-17(23)14-7-11-25-12-8-14/h13-15H,3-12H2,1-2H3,(H,19,23). The van der Waals surface area contributed by atoms with Crippen LogP contribution in [0.1, 0.15) is 51.8 Å². The zero-order valence-corrected chi connectivity index (χ0v) is 15.4. The molecule has 0 aromatic carbocycles. The average molecular weight is 350 g/mol. The number of hydrogen-bond donors (Lipinski definition) is 1. The zero-order chi connectivity index (χ0) is 17.8. The third-order valence-electron chi connectivity index (χ3n) is 5.27. The molecule has 25 heavy (non-hydrogen) atoms. The molecule has 1 unspecified atom stereocenters. The fourth-order valence-corrected chi connectivity index (χ4v) is 3.58. The number of rotatable bonds is 5. The Morgan fingerprint density at radius 2 is 2.04 bits per heavy atom. The van der Waals surface area contributed by atoms with Gasteiger partial charge in [0.25, 0.3) is 0 Å². The Bertz CT molecular complexity index is 643. The molecule has 1 fully saturated rings. The van der Waals surface area contributed by atoms with Gasteiger partial charge in [-0.1, -0.05) is 13.8 Å². The Balaban J connectivity index is 1.57. The Hall–Kier alpha value is -1.63. The predicted molar refractivity (Wildman–Crippen MR) is 94.4 cm³/mol. The van der Waals surface area contributed by atoms with Crippen LogP contribution >= 0.6 is 0 Å². The normalized spacial score (nSPS) is 21.8. The largest absolute Gasteiger partial charge is 0.381 e. The van der Waals surface area contributed by atoms with Crippen LogP contribution in [0, 0.1) is 11.8 Å². The Morgan fingerprint density at radius 1 is 1.28 bits per heavy atom. The summed E-state index contributed by atoms with van der Waals surface area (Å²) in [4.78, 5) is 24.9. The minimum atomic E-state index is -0.00736. The van der Waals surface area contributed by atoms with E-state index < -0.39 is 0 Å². The van der Waals surface area contributed by atoms with E-state index in [1.54, 1.807) is 9.25 Å². The number of nitrogens with one attached hydrogen (secondary N) is 1. The Labute approximate surface area is 148 Å². The first-order chi connectivity index (χ1) is 12.0. The van der Waals surface area contributed by atoms with Crippen molar-refractivity contribution in [2.24, 2.45) is 11.8 Å². The van der Waals surface area contributed by atoms with Crippen molar-refractivity contribution in [3.63, 3.8) is 0 Å². The fraction of sp³-hybridized carbons (Fsp3) is 0.833. The molecule has 3 rings (SSSR count). The van der Waals surface area contributed by atoms with Crippen molar-refractivity contribution < 1.29 is 9.53 Å². The van der Waals surface area contributed by atoms with Crippen molar-refractivity contribution in [3.05, 3.63) is 16.3 Å². The lowest BCUT2D eigenvalue weighted by Crippen LogP contribution is -2.41. The van der Waals surface area contributed by atoms with Crippen molar-refractivity contribution in [2.75, 3.05) is 13.2 Å². The van der Waals surface area contributed by atoms with Crippen LogP contribution < -0.4 is 11.0 Å². The summed E-state index contributed by atoms with van der Waals surface area (Å²) in [5.74, 6) is 1.62. The van der Waals surface area contributed by atoms with Crippen LogP contribution in [-0.4, -0.2) is 39.5 Å². The van der Waals surface area contributed by atoms with E-state index in [9.17, 15) is 9.59 Å². The summed E-state index contributed by atoms with van der Waals surface area (Å²) in [5, 5.41) is 7.71. The lowest BCUT2D eigenvalue weighted by molar-refractivity contribution is -0.128. The molecule has 0 saturated carbocycles. The van der Waals surface area contributed by atoms with Crippen LogP contribution in [0.15, 0.2) is 4.79 Å². The molecule has 0 spiro atoms. The van der Waals surface area contributed by atoms with Gasteiger partial charge in [-0.3, -0.25) is 9.36 Å². The van der Waals surface area contributed by atoms with Gasteiger partial charge in [-0.05, 0) is 38.0 Å². The van der Waals surface area contributed by atoms with Gasteiger partial charge in [-0.15, -0.1) is 0 Å². The number of aromatic nitrogens is 3. The highest BCUT2D eigenvalue weighted by atomic mass is 16.5. The van der Waals surface area contributed by atoms with Crippen molar-refractivity contribution in [1.29, 1.82) is 0 Å². The quantitative estimate of drug-likeness (QED) is 0.869. The number of fused-ring (bicyclic) bond motifs is 1. The second-order valence-electron chi connectivity index (χ2n) is 7.68. The molecule has 0 radical (unpaired) electrons. The van der Waals surface area contributed by atoms with Gasteiger partial charge in [-0.25, -0.2) is 9.48 Å². The first kappa shape index (κ1) is 18.2. The lowest BCUT2D eigenvalue weighted by atomic mass is 9.98. The monoisotopic (exact) mass is 350 g/mol. The number of aryl methyl sites for hydroxylation is 2. The number of ether oxygens (including phenoxy) is 1. The third kappa shape index (κ3) is 4.51. The maximum atomic E-state index is 12.5. The number of nitrogens with zero attached hydrogens (tertiary/aromatic N) is 3. The second kappa shape index (κ2) is 8.17. The fourth-order valence-electron chi connectivity index (χ4n) is 3.58. The van der Waals surface area contributed by atoms with Crippen LogP contribution in [0.5, 0.6) is 0 Å². The van der Waals surface area contributed by atoms with Crippen molar-refractivity contribution in [3.8, 4) is 0 Å². The molecule has 1 amide bonds. The van der Waals surface area contributed by atoms with Gasteiger partial charge in [0.1, 0.15) is 5.82 Å². The van der Waals surface area contributed by atoms with Crippen LogP contribution in [0.2, 0.25) is 0 Å². The third-order valence-corrected chi connectivity index (χ3v) is 5.27. The molecule has 7 nitrogen and oxygen atoms in total.